The summed E-state index contributed by atoms with van der Waals surface area (Å²) in [7, 11) is 0. The molecule has 0 bridgehead atoms. The van der Waals surface area contributed by atoms with Crippen molar-refractivity contribution in [3.63, 3.8) is 0 Å². The molecular formula is C8F17NO. The van der Waals surface area contributed by atoms with Crippen LogP contribution in [0.4, 0.5) is 74.6 Å². The number of hydrogen-bond donors (Lipinski definition) is 0. The molecule has 0 amide bonds. The Morgan fingerprint density at radius 3 is 1.19 bits per heavy atom. The summed E-state index contributed by atoms with van der Waals surface area (Å²) in [5.41, 5.74) is 0. The average Bonchev–Trinajstić information content (AvgIpc) is 2.31. The molecule has 162 valence electrons. The predicted molar refractivity (Wildman–Crippen MR) is 45.2 cm³/mol. The van der Waals surface area contributed by atoms with Gasteiger partial charge in [-0.2, -0.15) is 74.6 Å². The molecule has 0 heterocycles. The molecule has 2 nitrogen and oxygen atoms in total. The standard InChI is InChI=1S/C8F17NO/c9-1(2(10)11)3(12,13)27-6(18,19)4(14,15)5(16,17)26(7(20,21)22)8(23,24)25. The van der Waals surface area contributed by atoms with Gasteiger partial charge in [-0.25, -0.2) is 4.74 Å². The molecule has 0 radical (unpaired) electrons. The van der Waals surface area contributed by atoms with Crippen LogP contribution in [0.15, 0.2) is 11.9 Å². The molecule has 0 fully saturated rings. The van der Waals surface area contributed by atoms with E-state index in [0.29, 0.717) is 0 Å². The number of alkyl halides is 14. The first-order valence-electron chi connectivity index (χ1n) is 5.29. The minimum atomic E-state index is -8.11. The second-order valence-corrected chi connectivity index (χ2v) is 4.10. The fraction of sp³-hybridized carbons (Fsp3) is 0.750. The minimum absolute atomic E-state index is 1.40. The number of halogens is 17. The second-order valence-electron chi connectivity index (χ2n) is 4.10. The van der Waals surface area contributed by atoms with Crippen molar-refractivity contribution in [2.24, 2.45) is 0 Å². The van der Waals surface area contributed by atoms with Gasteiger partial charge < -0.3 is 0 Å². The highest BCUT2D eigenvalue weighted by Gasteiger charge is 2.83. The van der Waals surface area contributed by atoms with Crippen molar-refractivity contribution in [3.05, 3.63) is 11.9 Å². The summed E-state index contributed by atoms with van der Waals surface area (Å²) in [6, 6.07) is -8.07. The van der Waals surface area contributed by atoms with Crippen molar-refractivity contribution in [1.82, 2.24) is 4.90 Å². The number of nitrogens with zero attached hydrogens (tertiary/aromatic N) is 1. The van der Waals surface area contributed by atoms with Crippen molar-refractivity contribution in [1.29, 1.82) is 0 Å². The highest BCUT2D eigenvalue weighted by atomic mass is 19.4. The zero-order valence-corrected chi connectivity index (χ0v) is 11.3. The Hall–Kier alpha value is -1.53. The van der Waals surface area contributed by atoms with Gasteiger partial charge in [0.15, 0.2) is 0 Å². The normalized spacial score (nSPS) is 15.3. The maximum Gasteiger partial charge on any atom is 0.472 e. The monoisotopic (exact) mass is 449 g/mol. The van der Waals surface area contributed by atoms with Gasteiger partial charge in [0.1, 0.15) is 0 Å². The Bertz CT molecular complexity index is 552. The molecule has 0 aliphatic rings. The third kappa shape index (κ3) is 4.85. The van der Waals surface area contributed by atoms with Crippen molar-refractivity contribution >= 4 is 0 Å². The molecule has 0 saturated carbocycles. The summed E-state index contributed by atoms with van der Waals surface area (Å²) in [4.78, 5) is -4.38. The number of ether oxygens (including phenoxy) is 1. The van der Waals surface area contributed by atoms with Gasteiger partial charge in [-0.15, -0.1) is 0 Å². The lowest BCUT2D eigenvalue weighted by Crippen LogP contribution is -2.69. The quantitative estimate of drug-likeness (QED) is 0.374. The van der Waals surface area contributed by atoms with Crippen LogP contribution in [-0.2, 0) is 4.74 Å². The van der Waals surface area contributed by atoms with Gasteiger partial charge in [0.2, 0.25) is 0 Å². The van der Waals surface area contributed by atoms with Gasteiger partial charge in [0.25, 0.3) is 5.83 Å². The van der Waals surface area contributed by atoms with E-state index in [-0.39, 0.29) is 0 Å². The highest BCUT2D eigenvalue weighted by Crippen LogP contribution is 2.55. The summed E-state index contributed by atoms with van der Waals surface area (Å²) in [6.07, 6.45) is -33.8. The van der Waals surface area contributed by atoms with E-state index in [4.69, 9.17) is 0 Å². The summed E-state index contributed by atoms with van der Waals surface area (Å²) in [6.45, 7) is 0. The lowest BCUT2D eigenvalue weighted by molar-refractivity contribution is -0.515. The number of rotatable bonds is 6. The van der Waals surface area contributed by atoms with Crippen LogP contribution in [0.3, 0.4) is 0 Å². The SMILES string of the molecule is FC(F)=C(F)C(F)(F)OC(F)(F)C(F)(F)C(F)(F)N(C(F)(F)F)C(F)(F)F. The van der Waals surface area contributed by atoms with Gasteiger partial charge >= 0.3 is 42.9 Å². The fourth-order valence-corrected chi connectivity index (χ4v) is 1.16. The van der Waals surface area contributed by atoms with E-state index in [1.165, 1.54) is 4.74 Å². The van der Waals surface area contributed by atoms with Crippen LogP contribution in [-0.4, -0.2) is 41.7 Å². The first kappa shape index (κ1) is 25.5. The Labute approximate surface area is 134 Å². The summed E-state index contributed by atoms with van der Waals surface area (Å²) in [5.74, 6) is -12.5. The predicted octanol–water partition coefficient (Wildman–Crippen LogP) is 5.84. The van der Waals surface area contributed by atoms with Crippen molar-refractivity contribution < 1.29 is 79.4 Å². The molecule has 27 heavy (non-hydrogen) atoms. The first-order valence-corrected chi connectivity index (χ1v) is 5.29. The second kappa shape index (κ2) is 6.82. The Kier molecular flexibility index (Phi) is 6.43. The van der Waals surface area contributed by atoms with E-state index >= 15 is 0 Å². The molecule has 19 heteroatoms. The van der Waals surface area contributed by atoms with Crippen LogP contribution >= 0.6 is 0 Å². The molecule has 0 rings (SSSR count). The molecule has 0 aromatic heterocycles. The van der Waals surface area contributed by atoms with Crippen molar-refractivity contribution in [3.8, 4) is 0 Å². The zero-order chi connectivity index (χ0) is 22.4. The summed E-state index contributed by atoms with van der Waals surface area (Å²) < 4.78 is 211. The summed E-state index contributed by atoms with van der Waals surface area (Å²) >= 11 is 0. The van der Waals surface area contributed by atoms with Crippen LogP contribution in [0.5, 0.6) is 0 Å². The summed E-state index contributed by atoms with van der Waals surface area (Å²) in [5, 5.41) is 0. The molecule has 0 saturated heterocycles. The topological polar surface area (TPSA) is 12.5 Å². The smallest absolute Gasteiger partial charge is 0.244 e. The molecule has 0 aliphatic heterocycles. The average molecular weight is 449 g/mol. The molecule has 0 unspecified atom stereocenters. The molecule has 0 N–H and O–H groups in total. The van der Waals surface area contributed by atoms with Gasteiger partial charge in [-0.1, -0.05) is 4.90 Å². The van der Waals surface area contributed by atoms with Crippen LogP contribution in [0.1, 0.15) is 0 Å². The van der Waals surface area contributed by atoms with Gasteiger partial charge in [-0.05, 0) is 0 Å². The van der Waals surface area contributed by atoms with E-state index in [2.05, 4.69) is 0 Å². The van der Waals surface area contributed by atoms with E-state index < -0.39 is 53.6 Å². The van der Waals surface area contributed by atoms with Crippen LogP contribution < -0.4 is 0 Å². The molecule has 0 atom stereocenters. The molecular weight excluding hydrogens is 449 g/mol. The van der Waals surface area contributed by atoms with Gasteiger partial charge in [-0.3, -0.25) is 0 Å². The van der Waals surface area contributed by atoms with Crippen molar-refractivity contribution in [2.45, 2.75) is 36.8 Å². The van der Waals surface area contributed by atoms with Crippen LogP contribution in [0.25, 0.3) is 0 Å². The zero-order valence-electron chi connectivity index (χ0n) is 11.3. The Morgan fingerprint density at radius 2 is 0.926 bits per heavy atom. The lowest BCUT2D eigenvalue weighted by atomic mass is 10.2. The van der Waals surface area contributed by atoms with E-state index in [9.17, 15) is 74.6 Å². The third-order valence-corrected chi connectivity index (χ3v) is 2.21. The highest BCUT2D eigenvalue weighted by molar-refractivity contribution is 5.02. The molecule has 0 spiro atoms. The Morgan fingerprint density at radius 1 is 0.593 bits per heavy atom. The van der Waals surface area contributed by atoms with Crippen LogP contribution in [0, 0.1) is 0 Å². The molecule has 0 aromatic rings. The van der Waals surface area contributed by atoms with Gasteiger partial charge in [0.05, 0.1) is 0 Å². The largest absolute Gasteiger partial charge is 0.472 e. The third-order valence-electron chi connectivity index (χ3n) is 2.21. The molecule has 0 aromatic carbocycles. The maximum absolute atomic E-state index is 13.0. The molecule has 0 aliphatic carbocycles. The first-order chi connectivity index (χ1) is 11.4. The van der Waals surface area contributed by atoms with Crippen molar-refractivity contribution in [2.75, 3.05) is 0 Å². The Balaban J connectivity index is 6.31. The lowest BCUT2D eigenvalue weighted by Gasteiger charge is -2.39. The van der Waals surface area contributed by atoms with Crippen LogP contribution in [0.2, 0.25) is 0 Å². The van der Waals surface area contributed by atoms with Gasteiger partial charge in [0, 0.05) is 0 Å². The fourth-order valence-electron chi connectivity index (χ4n) is 1.16. The van der Waals surface area contributed by atoms with E-state index in [1.54, 1.807) is 0 Å². The number of hydrogen-bond acceptors (Lipinski definition) is 2. The maximum atomic E-state index is 13.0. The van der Waals surface area contributed by atoms with E-state index in [0.717, 1.165) is 0 Å². The minimum Gasteiger partial charge on any atom is -0.244 e. The van der Waals surface area contributed by atoms with E-state index in [1.807, 2.05) is 0 Å².